The van der Waals surface area contributed by atoms with Crippen molar-refractivity contribution in [2.45, 2.75) is 13.0 Å². The lowest BCUT2D eigenvalue weighted by Crippen LogP contribution is -2.44. The van der Waals surface area contributed by atoms with Crippen LogP contribution in [0.15, 0.2) is 12.1 Å². The third kappa shape index (κ3) is 2.06. The van der Waals surface area contributed by atoms with Crippen LogP contribution in [0.5, 0.6) is 5.75 Å². The smallest absolute Gasteiger partial charge is 0.123 e. The van der Waals surface area contributed by atoms with Crippen molar-refractivity contribution in [1.82, 2.24) is 10.6 Å². The molecule has 1 aromatic carbocycles. The fourth-order valence-corrected chi connectivity index (χ4v) is 2.95. The van der Waals surface area contributed by atoms with E-state index < -0.39 is 0 Å². The Balaban J connectivity index is 1.98. The maximum absolute atomic E-state index is 5.48. The largest absolute Gasteiger partial charge is 0.496 e. The maximum atomic E-state index is 5.48. The number of hydrogen-bond acceptors (Lipinski definition) is 4. The minimum atomic E-state index is 0.929. The molecule has 3 rings (SSSR count). The molecule has 0 radical (unpaired) electrons. The monoisotopic (exact) mass is 247 g/mol. The van der Waals surface area contributed by atoms with Crippen LogP contribution in [0.1, 0.15) is 11.1 Å². The van der Waals surface area contributed by atoms with Gasteiger partial charge in [0, 0.05) is 44.0 Å². The summed E-state index contributed by atoms with van der Waals surface area (Å²) >= 11 is 0. The Morgan fingerprint density at radius 3 is 2.67 bits per heavy atom. The molecule has 0 aromatic heterocycles. The summed E-state index contributed by atoms with van der Waals surface area (Å²) in [5.41, 5.74) is 4.24. The molecule has 2 N–H and O–H groups in total. The molecule has 0 spiro atoms. The standard InChI is InChI=1S/C14H21N3O/c1-18-14-3-2-13(17-8-6-15-7-9-17)11-4-5-16-10-12(11)14/h2-3,15-16H,4-10H2,1H3. The van der Waals surface area contributed by atoms with E-state index in [0.29, 0.717) is 0 Å². The van der Waals surface area contributed by atoms with Crippen molar-refractivity contribution in [2.24, 2.45) is 0 Å². The lowest BCUT2D eigenvalue weighted by molar-refractivity contribution is 0.404. The van der Waals surface area contributed by atoms with E-state index in [0.717, 1.165) is 51.4 Å². The number of rotatable bonds is 2. The summed E-state index contributed by atoms with van der Waals surface area (Å²) in [5.74, 6) is 1.02. The van der Waals surface area contributed by atoms with Crippen LogP contribution in [-0.4, -0.2) is 39.8 Å². The topological polar surface area (TPSA) is 36.5 Å². The summed E-state index contributed by atoms with van der Waals surface area (Å²) in [6.07, 6.45) is 1.10. The zero-order valence-corrected chi connectivity index (χ0v) is 11.0. The molecule has 2 aliphatic heterocycles. The molecule has 1 aromatic rings. The fraction of sp³-hybridized carbons (Fsp3) is 0.571. The first kappa shape index (κ1) is 11.8. The molecule has 2 aliphatic rings. The van der Waals surface area contributed by atoms with Gasteiger partial charge in [0.05, 0.1) is 7.11 Å². The van der Waals surface area contributed by atoms with Gasteiger partial charge in [-0.1, -0.05) is 0 Å². The minimum Gasteiger partial charge on any atom is -0.496 e. The average molecular weight is 247 g/mol. The van der Waals surface area contributed by atoms with Crippen LogP contribution in [0, 0.1) is 0 Å². The van der Waals surface area contributed by atoms with E-state index in [1.165, 1.54) is 16.8 Å². The quantitative estimate of drug-likeness (QED) is 0.808. The van der Waals surface area contributed by atoms with Crippen LogP contribution >= 0.6 is 0 Å². The highest BCUT2D eigenvalue weighted by Crippen LogP contribution is 2.33. The molecule has 4 heteroatoms. The molecule has 0 bridgehead atoms. The van der Waals surface area contributed by atoms with Crippen LogP contribution in [0.25, 0.3) is 0 Å². The summed E-state index contributed by atoms with van der Waals surface area (Å²) in [6, 6.07) is 4.34. The van der Waals surface area contributed by atoms with Gasteiger partial charge < -0.3 is 20.3 Å². The molecule has 0 amide bonds. The van der Waals surface area contributed by atoms with Crippen LogP contribution in [0.3, 0.4) is 0 Å². The summed E-state index contributed by atoms with van der Waals surface area (Å²) in [4.78, 5) is 2.50. The Labute approximate surface area is 108 Å². The number of fused-ring (bicyclic) bond motifs is 1. The van der Waals surface area contributed by atoms with E-state index >= 15 is 0 Å². The van der Waals surface area contributed by atoms with Gasteiger partial charge in [-0.25, -0.2) is 0 Å². The number of nitrogens with zero attached hydrogens (tertiary/aromatic N) is 1. The predicted molar refractivity (Wildman–Crippen MR) is 73.5 cm³/mol. The first-order valence-corrected chi connectivity index (χ1v) is 6.75. The second-order valence-corrected chi connectivity index (χ2v) is 4.91. The normalized spacial score (nSPS) is 19.5. The van der Waals surface area contributed by atoms with Crippen LogP contribution in [0.4, 0.5) is 5.69 Å². The van der Waals surface area contributed by atoms with E-state index in [1.54, 1.807) is 7.11 Å². The Kier molecular flexibility index (Phi) is 3.39. The van der Waals surface area contributed by atoms with Gasteiger partial charge in [-0.3, -0.25) is 0 Å². The van der Waals surface area contributed by atoms with E-state index in [2.05, 4.69) is 27.7 Å². The molecular weight excluding hydrogens is 226 g/mol. The van der Waals surface area contributed by atoms with E-state index in [-0.39, 0.29) is 0 Å². The Bertz CT molecular complexity index is 427. The highest BCUT2D eigenvalue weighted by molar-refractivity contribution is 5.62. The fourth-order valence-electron chi connectivity index (χ4n) is 2.95. The average Bonchev–Trinajstić information content (AvgIpc) is 2.47. The zero-order valence-electron chi connectivity index (χ0n) is 11.0. The van der Waals surface area contributed by atoms with Crippen molar-refractivity contribution in [3.63, 3.8) is 0 Å². The van der Waals surface area contributed by atoms with Crippen LogP contribution in [0.2, 0.25) is 0 Å². The molecule has 18 heavy (non-hydrogen) atoms. The molecule has 4 nitrogen and oxygen atoms in total. The van der Waals surface area contributed by atoms with Gasteiger partial charge in [-0.15, -0.1) is 0 Å². The number of benzene rings is 1. The van der Waals surface area contributed by atoms with Crippen molar-refractivity contribution in [3.8, 4) is 5.75 Å². The van der Waals surface area contributed by atoms with Crippen LogP contribution in [-0.2, 0) is 13.0 Å². The van der Waals surface area contributed by atoms with Crippen LogP contribution < -0.4 is 20.3 Å². The Morgan fingerprint density at radius 1 is 1.06 bits per heavy atom. The summed E-state index contributed by atoms with van der Waals surface area (Å²) < 4.78 is 5.48. The highest BCUT2D eigenvalue weighted by atomic mass is 16.5. The molecule has 0 saturated carbocycles. The third-order valence-electron chi connectivity index (χ3n) is 3.89. The molecule has 0 atom stereocenters. The Morgan fingerprint density at radius 2 is 1.89 bits per heavy atom. The van der Waals surface area contributed by atoms with Gasteiger partial charge >= 0.3 is 0 Å². The Hall–Kier alpha value is -1.26. The number of methoxy groups -OCH3 is 1. The van der Waals surface area contributed by atoms with Gasteiger partial charge in [-0.05, 0) is 30.7 Å². The number of anilines is 1. The molecule has 1 saturated heterocycles. The molecular formula is C14H21N3O. The number of nitrogens with one attached hydrogen (secondary N) is 2. The van der Waals surface area contributed by atoms with E-state index in [1.807, 2.05) is 0 Å². The second kappa shape index (κ2) is 5.16. The zero-order chi connectivity index (χ0) is 12.4. The highest BCUT2D eigenvalue weighted by Gasteiger charge is 2.21. The van der Waals surface area contributed by atoms with Crippen molar-refractivity contribution in [2.75, 3.05) is 44.7 Å². The van der Waals surface area contributed by atoms with Gasteiger partial charge in [0.1, 0.15) is 5.75 Å². The molecule has 98 valence electrons. The second-order valence-electron chi connectivity index (χ2n) is 4.91. The van der Waals surface area contributed by atoms with Gasteiger partial charge in [-0.2, -0.15) is 0 Å². The molecule has 2 heterocycles. The third-order valence-corrected chi connectivity index (χ3v) is 3.89. The molecule has 0 unspecified atom stereocenters. The SMILES string of the molecule is COc1ccc(N2CCNCC2)c2c1CNCC2. The maximum Gasteiger partial charge on any atom is 0.123 e. The van der Waals surface area contributed by atoms with Crippen molar-refractivity contribution in [1.29, 1.82) is 0 Å². The summed E-state index contributed by atoms with van der Waals surface area (Å²) in [7, 11) is 1.76. The number of piperazine rings is 1. The lowest BCUT2D eigenvalue weighted by atomic mass is 9.97. The minimum absolute atomic E-state index is 0.929. The van der Waals surface area contributed by atoms with Crippen molar-refractivity contribution < 1.29 is 4.74 Å². The first-order valence-electron chi connectivity index (χ1n) is 6.75. The molecule has 1 fully saturated rings. The van der Waals surface area contributed by atoms with Crippen molar-refractivity contribution in [3.05, 3.63) is 23.3 Å². The van der Waals surface area contributed by atoms with E-state index in [9.17, 15) is 0 Å². The van der Waals surface area contributed by atoms with Gasteiger partial charge in [0.2, 0.25) is 0 Å². The summed E-state index contributed by atoms with van der Waals surface area (Å²) in [6.45, 7) is 6.37. The van der Waals surface area contributed by atoms with E-state index in [4.69, 9.17) is 4.74 Å². The van der Waals surface area contributed by atoms with Crippen molar-refractivity contribution >= 4 is 5.69 Å². The summed E-state index contributed by atoms with van der Waals surface area (Å²) in [5, 5.41) is 6.84. The molecule has 0 aliphatic carbocycles. The number of hydrogen-bond donors (Lipinski definition) is 2. The predicted octanol–water partition coefficient (Wildman–Crippen LogP) is 0.750. The lowest BCUT2D eigenvalue weighted by Gasteiger charge is -2.33. The number of ether oxygens (including phenoxy) is 1. The van der Waals surface area contributed by atoms with Gasteiger partial charge in [0.25, 0.3) is 0 Å². The van der Waals surface area contributed by atoms with Gasteiger partial charge in [0.15, 0.2) is 0 Å². The first-order chi connectivity index (χ1) is 8.90.